The highest BCUT2D eigenvalue weighted by molar-refractivity contribution is 5.82. The molecule has 1 heterocycles. The molecular weight excluding hydrogens is 252 g/mol. The zero-order valence-electron chi connectivity index (χ0n) is 10.9. The molecule has 9 heteroatoms. The zero-order valence-corrected chi connectivity index (χ0v) is 10.9. The van der Waals surface area contributed by atoms with E-state index in [9.17, 15) is 9.59 Å². The van der Waals surface area contributed by atoms with E-state index in [4.69, 9.17) is 5.11 Å². The number of H-pyrrole nitrogens is 1. The van der Waals surface area contributed by atoms with Crippen molar-refractivity contribution in [3.63, 3.8) is 0 Å². The summed E-state index contributed by atoms with van der Waals surface area (Å²) in [6.07, 6.45) is 2.00. The van der Waals surface area contributed by atoms with Crippen LogP contribution in [0.4, 0.5) is 4.79 Å². The molecule has 0 aliphatic rings. The summed E-state index contributed by atoms with van der Waals surface area (Å²) in [5.74, 6) is -0.716. The van der Waals surface area contributed by atoms with Gasteiger partial charge in [0.2, 0.25) is 0 Å². The van der Waals surface area contributed by atoms with Crippen LogP contribution in [0.1, 0.15) is 45.0 Å². The number of carbonyl (C=O) groups excluding carboxylic acids is 1. The second-order valence-corrected chi connectivity index (χ2v) is 4.14. The fraction of sp³-hybridized carbons (Fsp3) is 0.700. The lowest BCUT2D eigenvalue weighted by molar-refractivity contribution is -0.139. The minimum absolute atomic E-state index is 0.329. The van der Waals surface area contributed by atoms with Crippen LogP contribution in [-0.2, 0) is 4.79 Å². The van der Waals surface area contributed by atoms with Crippen LogP contribution in [0, 0.1) is 0 Å². The van der Waals surface area contributed by atoms with Gasteiger partial charge in [0.15, 0.2) is 5.82 Å². The molecule has 2 amide bonds. The highest BCUT2D eigenvalue weighted by Crippen LogP contribution is 2.04. The van der Waals surface area contributed by atoms with E-state index >= 15 is 0 Å². The predicted octanol–water partition coefficient (Wildman–Crippen LogP) is 0.203. The molecule has 0 saturated heterocycles. The van der Waals surface area contributed by atoms with Gasteiger partial charge in [0.25, 0.3) is 0 Å². The first kappa shape index (κ1) is 14.9. The maximum atomic E-state index is 11.7. The number of amides is 2. The first-order valence-corrected chi connectivity index (χ1v) is 6.07. The van der Waals surface area contributed by atoms with E-state index in [-0.39, 0.29) is 0 Å². The Kier molecular flexibility index (Phi) is 5.71. The molecule has 106 valence electrons. The van der Waals surface area contributed by atoms with Crippen molar-refractivity contribution in [1.82, 2.24) is 31.3 Å². The molecule has 1 aromatic rings. The lowest BCUT2D eigenvalue weighted by atomic mass is 10.1. The zero-order chi connectivity index (χ0) is 14.3. The van der Waals surface area contributed by atoms with E-state index in [1.807, 2.05) is 6.92 Å². The molecule has 0 aliphatic carbocycles. The first-order valence-electron chi connectivity index (χ1n) is 6.07. The number of urea groups is 1. The maximum Gasteiger partial charge on any atom is 0.326 e. The highest BCUT2D eigenvalue weighted by Gasteiger charge is 2.21. The molecular formula is C10H18N6O3. The van der Waals surface area contributed by atoms with Gasteiger partial charge in [-0.05, 0) is 13.3 Å². The Bertz CT molecular complexity index is 407. The first-order chi connectivity index (χ1) is 9.04. The molecule has 0 spiro atoms. The molecule has 1 aromatic heterocycles. The fourth-order valence-electron chi connectivity index (χ4n) is 1.48. The number of aromatic nitrogens is 4. The number of nitrogens with one attached hydrogen (secondary N) is 3. The van der Waals surface area contributed by atoms with E-state index in [1.54, 1.807) is 6.92 Å². The SMILES string of the molecule is CCCC[C@H](NC(=O)NC(C)c1nn[nH]n1)C(=O)O. The Morgan fingerprint density at radius 2 is 2.16 bits per heavy atom. The third-order valence-corrected chi connectivity index (χ3v) is 2.55. The van der Waals surface area contributed by atoms with E-state index in [2.05, 4.69) is 31.3 Å². The second-order valence-electron chi connectivity index (χ2n) is 4.14. The lowest BCUT2D eigenvalue weighted by Gasteiger charge is -2.16. The van der Waals surface area contributed by atoms with Gasteiger partial charge in [0.05, 0.1) is 6.04 Å². The molecule has 0 saturated carbocycles. The molecule has 0 radical (unpaired) electrons. The summed E-state index contributed by atoms with van der Waals surface area (Å²) in [4.78, 5) is 22.6. The summed E-state index contributed by atoms with van der Waals surface area (Å²) in [6.45, 7) is 3.63. The van der Waals surface area contributed by atoms with Gasteiger partial charge < -0.3 is 15.7 Å². The Hall–Kier alpha value is -2.19. The highest BCUT2D eigenvalue weighted by atomic mass is 16.4. The number of nitrogens with zero attached hydrogens (tertiary/aromatic N) is 3. The molecule has 0 fully saturated rings. The Morgan fingerprint density at radius 1 is 1.42 bits per heavy atom. The number of hydrogen-bond acceptors (Lipinski definition) is 5. The molecule has 1 unspecified atom stereocenters. The number of carboxylic acid groups (broad SMARTS) is 1. The summed E-state index contributed by atoms with van der Waals surface area (Å²) in [6, 6.07) is -1.92. The molecule has 19 heavy (non-hydrogen) atoms. The monoisotopic (exact) mass is 270 g/mol. The Labute approximate surface area is 110 Å². The molecule has 0 aliphatic heterocycles. The number of aliphatic carboxylic acids is 1. The number of carbonyl (C=O) groups is 2. The van der Waals surface area contributed by atoms with Crippen LogP contribution < -0.4 is 10.6 Å². The summed E-state index contributed by atoms with van der Waals surface area (Å²) in [5, 5.41) is 27.0. The van der Waals surface area contributed by atoms with Crippen LogP contribution in [0.3, 0.4) is 0 Å². The van der Waals surface area contributed by atoms with E-state index in [0.29, 0.717) is 12.2 Å². The minimum atomic E-state index is -1.05. The molecule has 9 nitrogen and oxygen atoms in total. The molecule has 2 atom stereocenters. The van der Waals surface area contributed by atoms with Crippen molar-refractivity contribution >= 4 is 12.0 Å². The van der Waals surface area contributed by atoms with Gasteiger partial charge in [-0.25, -0.2) is 9.59 Å². The quantitative estimate of drug-likeness (QED) is 0.559. The van der Waals surface area contributed by atoms with E-state index < -0.39 is 24.1 Å². The van der Waals surface area contributed by atoms with E-state index in [1.165, 1.54) is 0 Å². The minimum Gasteiger partial charge on any atom is -0.480 e. The van der Waals surface area contributed by atoms with Gasteiger partial charge in [0, 0.05) is 0 Å². The average Bonchev–Trinajstić information content (AvgIpc) is 2.87. The topological polar surface area (TPSA) is 133 Å². The van der Waals surface area contributed by atoms with Crippen molar-refractivity contribution in [2.45, 2.75) is 45.2 Å². The van der Waals surface area contributed by atoms with Crippen LogP contribution in [0.15, 0.2) is 0 Å². The van der Waals surface area contributed by atoms with Gasteiger partial charge in [-0.15, -0.1) is 10.2 Å². The van der Waals surface area contributed by atoms with Gasteiger partial charge in [-0.2, -0.15) is 5.21 Å². The van der Waals surface area contributed by atoms with Crippen LogP contribution in [0.25, 0.3) is 0 Å². The Morgan fingerprint density at radius 3 is 2.68 bits per heavy atom. The van der Waals surface area contributed by atoms with Crippen molar-refractivity contribution in [3.05, 3.63) is 5.82 Å². The Balaban J connectivity index is 2.46. The summed E-state index contributed by atoms with van der Waals surface area (Å²) in [5.41, 5.74) is 0. The second kappa shape index (κ2) is 7.29. The van der Waals surface area contributed by atoms with Crippen molar-refractivity contribution in [3.8, 4) is 0 Å². The molecule has 0 bridgehead atoms. The van der Waals surface area contributed by atoms with Gasteiger partial charge in [-0.1, -0.05) is 25.0 Å². The summed E-state index contributed by atoms with van der Waals surface area (Å²) < 4.78 is 0. The number of hydrogen-bond donors (Lipinski definition) is 4. The van der Waals surface area contributed by atoms with Crippen molar-refractivity contribution in [2.24, 2.45) is 0 Å². The van der Waals surface area contributed by atoms with Crippen LogP contribution in [-0.4, -0.2) is 43.8 Å². The van der Waals surface area contributed by atoms with Gasteiger partial charge in [0.1, 0.15) is 6.04 Å². The fourth-order valence-corrected chi connectivity index (χ4v) is 1.48. The third kappa shape index (κ3) is 4.90. The maximum absolute atomic E-state index is 11.7. The largest absolute Gasteiger partial charge is 0.480 e. The summed E-state index contributed by atoms with van der Waals surface area (Å²) >= 11 is 0. The number of carboxylic acids is 1. The predicted molar refractivity (Wildman–Crippen MR) is 65.2 cm³/mol. The van der Waals surface area contributed by atoms with Crippen LogP contribution in [0.5, 0.6) is 0 Å². The van der Waals surface area contributed by atoms with Crippen molar-refractivity contribution in [2.75, 3.05) is 0 Å². The third-order valence-electron chi connectivity index (χ3n) is 2.55. The number of tetrazole rings is 1. The molecule has 4 N–H and O–H groups in total. The van der Waals surface area contributed by atoms with Gasteiger partial charge >= 0.3 is 12.0 Å². The van der Waals surface area contributed by atoms with Crippen molar-refractivity contribution < 1.29 is 14.7 Å². The smallest absolute Gasteiger partial charge is 0.326 e. The lowest BCUT2D eigenvalue weighted by Crippen LogP contribution is -2.46. The van der Waals surface area contributed by atoms with Crippen molar-refractivity contribution in [1.29, 1.82) is 0 Å². The standard InChI is InChI=1S/C10H18N6O3/c1-3-4-5-7(9(17)18)12-10(19)11-6(2)8-13-15-16-14-8/h6-7H,3-5H2,1-2H3,(H,17,18)(H2,11,12,19)(H,13,14,15,16)/t6?,7-/m0/s1. The van der Waals surface area contributed by atoms with Gasteiger partial charge in [-0.3, -0.25) is 0 Å². The van der Waals surface area contributed by atoms with Crippen LogP contribution >= 0.6 is 0 Å². The molecule has 1 rings (SSSR count). The average molecular weight is 270 g/mol. The summed E-state index contributed by atoms with van der Waals surface area (Å²) in [7, 11) is 0. The number of aromatic amines is 1. The number of unbranched alkanes of at least 4 members (excludes halogenated alkanes) is 1. The normalized spacial score (nSPS) is 13.6. The van der Waals surface area contributed by atoms with E-state index in [0.717, 1.165) is 12.8 Å². The molecule has 0 aromatic carbocycles. The van der Waals surface area contributed by atoms with Crippen LogP contribution in [0.2, 0.25) is 0 Å². The number of rotatable bonds is 7.